The second-order valence-electron chi connectivity index (χ2n) is 7.85. The van der Waals surface area contributed by atoms with Gasteiger partial charge >= 0.3 is 0 Å². The van der Waals surface area contributed by atoms with Crippen LogP contribution in [0.2, 0.25) is 0 Å². The number of fused-ring (bicyclic) bond motifs is 3. The molecule has 3 saturated heterocycles. The molecule has 4 aliphatic rings. The molecule has 4 aliphatic heterocycles. The Balaban J connectivity index is 1.33. The Bertz CT molecular complexity index is 734. The maximum atomic E-state index is 12.2. The first kappa shape index (κ1) is 15.5. The van der Waals surface area contributed by atoms with Crippen molar-refractivity contribution in [3.63, 3.8) is 0 Å². The van der Waals surface area contributed by atoms with Crippen LogP contribution in [0.15, 0.2) is 18.2 Å². The Kier molecular flexibility index (Phi) is 3.66. The molecule has 4 heterocycles. The summed E-state index contributed by atoms with van der Waals surface area (Å²) in [5.74, 6) is -0.273. The molecule has 2 N–H and O–H groups in total. The maximum Gasteiger partial charge on any atom is 0.243 e. The van der Waals surface area contributed by atoms with Gasteiger partial charge in [-0.25, -0.2) is 0 Å². The third kappa shape index (κ3) is 2.69. The normalized spacial score (nSPS) is 32.2. The first-order valence-electron chi connectivity index (χ1n) is 9.32. The van der Waals surface area contributed by atoms with Crippen LogP contribution in [-0.4, -0.2) is 52.8 Å². The third-order valence-corrected chi connectivity index (χ3v) is 6.30. The first-order valence-corrected chi connectivity index (χ1v) is 9.32. The maximum absolute atomic E-state index is 12.2. The fraction of sp³-hybridized carbons (Fsp3) is 0.579. The van der Waals surface area contributed by atoms with Crippen molar-refractivity contribution in [2.24, 2.45) is 0 Å². The van der Waals surface area contributed by atoms with Crippen LogP contribution in [0.3, 0.4) is 0 Å². The Labute approximate surface area is 147 Å². The summed E-state index contributed by atoms with van der Waals surface area (Å²) < 4.78 is 0. The molecule has 3 atom stereocenters. The zero-order valence-electron chi connectivity index (χ0n) is 14.3. The van der Waals surface area contributed by atoms with Crippen molar-refractivity contribution in [2.75, 3.05) is 13.1 Å². The van der Waals surface area contributed by atoms with E-state index in [1.165, 1.54) is 23.1 Å². The molecule has 5 rings (SSSR count). The predicted octanol–water partition coefficient (Wildman–Crippen LogP) is 0.354. The highest BCUT2D eigenvalue weighted by Crippen LogP contribution is 2.32. The van der Waals surface area contributed by atoms with Crippen LogP contribution < -0.4 is 10.6 Å². The van der Waals surface area contributed by atoms with Gasteiger partial charge in [0.05, 0.1) is 6.04 Å². The number of piperidine rings is 1. The van der Waals surface area contributed by atoms with Crippen molar-refractivity contribution in [2.45, 2.75) is 57.0 Å². The fourth-order valence-corrected chi connectivity index (χ4v) is 4.98. The van der Waals surface area contributed by atoms with Gasteiger partial charge in [0.15, 0.2) is 0 Å². The average molecular weight is 340 g/mol. The van der Waals surface area contributed by atoms with Gasteiger partial charge in [0.1, 0.15) is 0 Å². The Hall–Kier alpha value is -1.76. The number of amides is 2. The number of hydrogen-bond acceptors (Lipinski definition) is 5. The van der Waals surface area contributed by atoms with Crippen LogP contribution in [0.4, 0.5) is 0 Å². The van der Waals surface area contributed by atoms with Crippen molar-refractivity contribution in [1.82, 2.24) is 20.4 Å². The van der Waals surface area contributed by atoms with E-state index in [9.17, 15) is 9.59 Å². The summed E-state index contributed by atoms with van der Waals surface area (Å²) in [6, 6.07) is 7.74. The van der Waals surface area contributed by atoms with Crippen molar-refractivity contribution in [1.29, 1.82) is 0 Å². The molecule has 2 amide bonds. The van der Waals surface area contributed by atoms with Crippen molar-refractivity contribution >= 4 is 11.8 Å². The monoisotopic (exact) mass is 340 g/mol. The number of carbonyl (C=O) groups is 2. The third-order valence-electron chi connectivity index (χ3n) is 6.30. The lowest BCUT2D eigenvalue weighted by Gasteiger charge is -2.29. The van der Waals surface area contributed by atoms with Crippen LogP contribution in [0.1, 0.15) is 36.0 Å². The van der Waals surface area contributed by atoms with Crippen molar-refractivity contribution in [3.05, 3.63) is 34.9 Å². The van der Waals surface area contributed by atoms with E-state index in [2.05, 4.69) is 38.6 Å². The van der Waals surface area contributed by atoms with Gasteiger partial charge in [-0.05, 0) is 29.5 Å². The molecule has 3 fully saturated rings. The van der Waals surface area contributed by atoms with Crippen LogP contribution >= 0.6 is 0 Å². The fourth-order valence-electron chi connectivity index (χ4n) is 4.98. The molecular formula is C19H24N4O2. The summed E-state index contributed by atoms with van der Waals surface area (Å²) in [7, 11) is 0. The highest BCUT2D eigenvalue weighted by Gasteiger charge is 2.39. The van der Waals surface area contributed by atoms with Gasteiger partial charge in [-0.3, -0.25) is 24.7 Å². The smallest absolute Gasteiger partial charge is 0.243 e. The topological polar surface area (TPSA) is 64.7 Å². The summed E-state index contributed by atoms with van der Waals surface area (Å²) in [6.07, 6.45) is 2.35. The molecule has 132 valence electrons. The SMILES string of the molecule is O=C1CCC(N2Cc3cccc(CN4CC5CC4CN5)c3C2)C(=O)N1. The van der Waals surface area contributed by atoms with E-state index in [1.54, 1.807) is 0 Å². The van der Waals surface area contributed by atoms with E-state index in [1.807, 2.05) is 0 Å². The molecule has 0 aliphatic carbocycles. The predicted molar refractivity (Wildman–Crippen MR) is 92.5 cm³/mol. The van der Waals surface area contributed by atoms with Crippen LogP contribution in [0.5, 0.6) is 0 Å². The molecule has 6 nitrogen and oxygen atoms in total. The summed E-state index contributed by atoms with van der Waals surface area (Å²) in [5, 5.41) is 6.05. The number of nitrogens with zero attached hydrogens (tertiary/aromatic N) is 2. The lowest BCUT2D eigenvalue weighted by molar-refractivity contribution is -0.137. The highest BCUT2D eigenvalue weighted by atomic mass is 16.2. The second-order valence-corrected chi connectivity index (χ2v) is 7.85. The van der Waals surface area contributed by atoms with Gasteiger partial charge in [0.25, 0.3) is 0 Å². The average Bonchev–Trinajstić information content (AvgIpc) is 3.29. The molecule has 0 spiro atoms. The largest absolute Gasteiger partial charge is 0.311 e. The number of rotatable bonds is 3. The minimum Gasteiger partial charge on any atom is -0.311 e. The summed E-state index contributed by atoms with van der Waals surface area (Å²) in [6.45, 7) is 4.89. The molecule has 0 saturated carbocycles. The summed E-state index contributed by atoms with van der Waals surface area (Å²) in [4.78, 5) is 28.4. The standard InChI is InChI=1S/C19H24N4O2/c24-18-5-4-17(19(25)21-18)23-9-13-3-1-2-12(16(13)11-23)8-22-10-14-6-15(22)7-20-14/h1-3,14-15,17,20H,4-11H2,(H,21,24,25). The van der Waals surface area contributed by atoms with Gasteiger partial charge in [-0.2, -0.15) is 0 Å². The Morgan fingerprint density at radius 2 is 2.12 bits per heavy atom. The molecule has 0 radical (unpaired) electrons. The van der Waals surface area contributed by atoms with Crippen LogP contribution in [0, 0.1) is 0 Å². The Morgan fingerprint density at radius 3 is 2.88 bits per heavy atom. The molecule has 0 aromatic heterocycles. The van der Waals surface area contributed by atoms with Crippen molar-refractivity contribution in [3.8, 4) is 0 Å². The highest BCUT2D eigenvalue weighted by molar-refractivity contribution is 6.00. The van der Waals surface area contributed by atoms with E-state index in [0.717, 1.165) is 32.7 Å². The summed E-state index contributed by atoms with van der Waals surface area (Å²) >= 11 is 0. The minimum atomic E-state index is -0.176. The van der Waals surface area contributed by atoms with E-state index < -0.39 is 0 Å². The number of benzene rings is 1. The van der Waals surface area contributed by atoms with Gasteiger partial charge in [0.2, 0.25) is 11.8 Å². The Morgan fingerprint density at radius 1 is 1.20 bits per heavy atom. The number of carbonyl (C=O) groups excluding carboxylic acids is 2. The molecule has 1 aromatic carbocycles. The molecular weight excluding hydrogens is 316 g/mol. The number of hydrogen-bond donors (Lipinski definition) is 2. The number of piperazine rings is 1. The van der Waals surface area contributed by atoms with E-state index >= 15 is 0 Å². The first-order chi connectivity index (χ1) is 12.2. The van der Waals surface area contributed by atoms with E-state index in [-0.39, 0.29) is 17.9 Å². The zero-order chi connectivity index (χ0) is 17.0. The molecule has 3 unspecified atom stereocenters. The van der Waals surface area contributed by atoms with Gasteiger partial charge in [0, 0.05) is 51.2 Å². The van der Waals surface area contributed by atoms with Crippen LogP contribution in [0.25, 0.3) is 0 Å². The van der Waals surface area contributed by atoms with E-state index in [0.29, 0.717) is 24.9 Å². The van der Waals surface area contributed by atoms with Crippen LogP contribution in [-0.2, 0) is 29.2 Å². The second kappa shape index (κ2) is 5.90. The van der Waals surface area contributed by atoms with Gasteiger partial charge in [-0.1, -0.05) is 18.2 Å². The number of likely N-dealkylation sites (tertiary alicyclic amines) is 1. The van der Waals surface area contributed by atoms with Crippen molar-refractivity contribution < 1.29 is 9.59 Å². The van der Waals surface area contributed by atoms with E-state index in [4.69, 9.17) is 0 Å². The minimum absolute atomic E-state index is 0.131. The molecule has 2 bridgehead atoms. The quantitative estimate of drug-likeness (QED) is 0.778. The van der Waals surface area contributed by atoms with Gasteiger partial charge in [-0.15, -0.1) is 0 Å². The number of imide groups is 1. The molecule has 25 heavy (non-hydrogen) atoms. The lowest BCUT2D eigenvalue weighted by Crippen LogP contribution is -2.50. The van der Waals surface area contributed by atoms with Gasteiger partial charge < -0.3 is 5.32 Å². The number of nitrogens with one attached hydrogen (secondary N) is 2. The molecule has 6 heteroatoms. The molecule has 1 aromatic rings. The lowest BCUT2D eigenvalue weighted by atomic mass is 10.0. The zero-order valence-corrected chi connectivity index (χ0v) is 14.3. The summed E-state index contributed by atoms with van der Waals surface area (Å²) in [5.41, 5.74) is 4.13.